The lowest BCUT2D eigenvalue weighted by atomic mass is 9.98. The molecule has 3 rings (SSSR count). The summed E-state index contributed by atoms with van der Waals surface area (Å²) >= 11 is 0. The molecule has 0 radical (unpaired) electrons. The van der Waals surface area contributed by atoms with Gasteiger partial charge in [0.15, 0.2) is 0 Å². The molecule has 5 heteroatoms. The summed E-state index contributed by atoms with van der Waals surface area (Å²) in [6.07, 6.45) is 3.13. The summed E-state index contributed by atoms with van der Waals surface area (Å²) in [5, 5.41) is 7.10. The van der Waals surface area contributed by atoms with E-state index in [1.807, 2.05) is 56.3 Å². The molecule has 5 nitrogen and oxygen atoms in total. The third kappa shape index (κ3) is 3.68. The number of benzene rings is 2. The van der Waals surface area contributed by atoms with E-state index in [0.29, 0.717) is 12.1 Å². The highest BCUT2D eigenvalue weighted by Gasteiger charge is 2.15. The van der Waals surface area contributed by atoms with E-state index in [1.54, 1.807) is 11.0 Å². The normalized spacial score (nSPS) is 11.9. The maximum absolute atomic E-state index is 12.7. The number of aryl methyl sites for hydroxylation is 1. The van der Waals surface area contributed by atoms with E-state index in [0.717, 1.165) is 11.1 Å². The molecule has 0 saturated heterocycles. The van der Waals surface area contributed by atoms with Gasteiger partial charge in [0.25, 0.3) is 5.91 Å². The largest absolute Gasteiger partial charge is 0.348 e. The van der Waals surface area contributed by atoms with Crippen LogP contribution in [0.1, 0.15) is 22.8 Å². The van der Waals surface area contributed by atoms with Gasteiger partial charge >= 0.3 is 0 Å². The molecule has 24 heavy (non-hydrogen) atoms. The van der Waals surface area contributed by atoms with Gasteiger partial charge in [-0.2, -0.15) is 5.10 Å². The Morgan fingerprint density at radius 1 is 1.21 bits per heavy atom. The number of nitrogens with one attached hydrogen (secondary N) is 1. The Labute approximate surface area is 141 Å². The highest BCUT2D eigenvalue weighted by atomic mass is 16.1. The molecule has 0 aliphatic carbocycles. The van der Waals surface area contributed by atoms with Gasteiger partial charge in [-0.25, -0.2) is 4.98 Å². The van der Waals surface area contributed by atoms with Crippen LogP contribution in [-0.2, 0) is 6.54 Å². The van der Waals surface area contributed by atoms with E-state index in [1.165, 1.54) is 11.9 Å². The Hall–Kier alpha value is -2.95. The third-order valence-electron chi connectivity index (χ3n) is 3.81. The van der Waals surface area contributed by atoms with Crippen molar-refractivity contribution in [3.8, 4) is 11.1 Å². The molecule has 0 fully saturated rings. The summed E-state index contributed by atoms with van der Waals surface area (Å²) in [4.78, 5) is 16.6. The molecule has 122 valence electrons. The fourth-order valence-electron chi connectivity index (χ4n) is 2.70. The average Bonchev–Trinajstić information content (AvgIpc) is 3.07. The smallest absolute Gasteiger partial charge is 0.252 e. The second-order valence-corrected chi connectivity index (χ2v) is 5.91. The molecule has 3 aromatic rings. The molecule has 1 N–H and O–H groups in total. The standard InChI is InChI=1S/C19H20N4O/c1-14-6-5-7-16(10-14)17-8-3-4-9-18(17)19(24)22-15(2)11-23-13-20-12-21-23/h3-10,12-13,15H,11H2,1-2H3,(H,22,24)/t15-/m0/s1. The van der Waals surface area contributed by atoms with E-state index >= 15 is 0 Å². The predicted molar refractivity (Wildman–Crippen MR) is 93.6 cm³/mol. The average molecular weight is 320 g/mol. The molecule has 0 aliphatic rings. The molecule has 0 saturated carbocycles. The first-order valence-electron chi connectivity index (χ1n) is 7.93. The molecule has 1 aromatic heterocycles. The lowest BCUT2D eigenvalue weighted by molar-refractivity contribution is 0.0936. The van der Waals surface area contributed by atoms with Crippen LogP contribution in [0.3, 0.4) is 0 Å². The van der Waals surface area contributed by atoms with Gasteiger partial charge in [-0.15, -0.1) is 0 Å². The highest BCUT2D eigenvalue weighted by molar-refractivity contribution is 6.01. The van der Waals surface area contributed by atoms with E-state index in [4.69, 9.17) is 0 Å². The van der Waals surface area contributed by atoms with Crippen LogP contribution < -0.4 is 5.32 Å². The number of rotatable bonds is 5. The lowest BCUT2D eigenvalue weighted by Crippen LogP contribution is -2.36. The van der Waals surface area contributed by atoms with Crippen LogP contribution in [0.2, 0.25) is 0 Å². The number of carbonyl (C=O) groups is 1. The van der Waals surface area contributed by atoms with Crippen molar-refractivity contribution in [3.63, 3.8) is 0 Å². The van der Waals surface area contributed by atoms with E-state index in [-0.39, 0.29) is 11.9 Å². The molecule has 1 amide bonds. The van der Waals surface area contributed by atoms with Gasteiger partial charge in [-0.05, 0) is 31.0 Å². The molecular weight excluding hydrogens is 300 g/mol. The zero-order valence-corrected chi connectivity index (χ0v) is 13.8. The summed E-state index contributed by atoms with van der Waals surface area (Å²) in [5.41, 5.74) is 3.83. The van der Waals surface area contributed by atoms with Crippen LogP contribution in [0.25, 0.3) is 11.1 Å². The number of nitrogens with zero attached hydrogens (tertiary/aromatic N) is 3. The van der Waals surface area contributed by atoms with Gasteiger partial charge in [0.1, 0.15) is 12.7 Å². The van der Waals surface area contributed by atoms with Crippen molar-refractivity contribution >= 4 is 5.91 Å². The summed E-state index contributed by atoms with van der Waals surface area (Å²) in [7, 11) is 0. The Morgan fingerprint density at radius 2 is 2.04 bits per heavy atom. The van der Waals surface area contributed by atoms with Gasteiger partial charge in [0.05, 0.1) is 6.54 Å². The Balaban J connectivity index is 1.80. The topological polar surface area (TPSA) is 59.8 Å². The minimum absolute atomic E-state index is 0.0511. The summed E-state index contributed by atoms with van der Waals surface area (Å²) in [6, 6.07) is 15.8. The lowest BCUT2D eigenvalue weighted by Gasteiger charge is -2.16. The van der Waals surface area contributed by atoms with Crippen molar-refractivity contribution in [3.05, 3.63) is 72.3 Å². The first kappa shape index (κ1) is 15.9. The first-order valence-corrected chi connectivity index (χ1v) is 7.93. The quantitative estimate of drug-likeness (QED) is 0.786. The number of aromatic nitrogens is 3. The molecule has 0 aliphatic heterocycles. The molecular formula is C19H20N4O. The van der Waals surface area contributed by atoms with Crippen LogP contribution in [0.4, 0.5) is 0 Å². The van der Waals surface area contributed by atoms with Gasteiger partial charge in [0, 0.05) is 11.6 Å². The zero-order valence-electron chi connectivity index (χ0n) is 13.8. The molecule has 2 aromatic carbocycles. The second-order valence-electron chi connectivity index (χ2n) is 5.91. The van der Waals surface area contributed by atoms with E-state index < -0.39 is 0 Å². The van der Waals surface area contributed by atoms with Gasteiger partial charge in [-0.1, -0.05) is 48.0 Å². The predicted octanol–water partition coefficient (Wildman–Crippen LogP) is 3.07. The Kier molecular flexibility index (Phi) is 4.70. The molecule has 0 spiro atoms. The van der Waals surface area contributed by atoms with Crippen LogP contribution in [-0.4, -0.2) is 26.7 Å². The van der Waals surface area contributed by atoms with Crippen molar-refractivity contribution in [1.29, 1.82) is 0 Å². The zero-order chi connectivity index (χ0) is 16.9. The van der Waals surface area contributed by atoms with Crippen molar-refractivity contribution < 1.29 is 4.79 Å². The minimum atomic E-state index is -0.0836. The number of amides is 1. The number of hydrogen-bond acceptors (Lipinski definition) is 3. The number of carbonyl (C=O) groups excluding carboxylic acids is 1. The number of hydrogen-bond donors (Lipinski definition) is 1. The van der Waals surface area contributed by atoms with Gasteiger partial charge in [-0.3, -0.25) is 9.48 Å². The highest BCUT2D eigenvalue weighted by Crippen LogP contribution is 2.24. The summed E-state index contributed by atoms with van der Waals surface area (Å²) < 4.78 is 1.71. The van der Waals surface area contributed by atoms with Crippen LogP contribution in [0.5, 0.6) is 0 Å². The van der Waals surface area contributed by atoms with Gasteiger partial charge in [0.2, 0.25) is 0 Å². The van der Waals surface area contributed by atoms with Crippen molar-refractivity contribution in [1.82, 2.24) is 20.1 Å². The maximum Gasteiger partial charge on any atom is 0.252 e. The Bertz CT molecular complexity index is 827. The van der Waals surface area contributed by atoms with Crippen LogP contribution in [0.15, 0.2) is 61.2 Å². The first-order chi connectivity index (χ1) is 11.6. The van der Waals surface area contributed by atoms with Crippen molar-refractivity contribution in [2.75, 3.05) is 0 Å². The SMILES string of the molecule is Cc1cccc(-c2ccccc2C(=O)N[C@@H](C)Cn2cncn2)c1. The molecule has 0 bridgehead atoms. The summed E-state index contributed by atoms with van der Waals surface area (Å²) in [6.45, 7) is 4.58. The van der Waals surface area contributed by atoms with Gasteiger partial charge < -0.3 is 5.32 Å². The van der Waals surface area contributed by atoms with Crippen molar-refractivity contribution in [2.24, 2.45) is 0 Å². The maximum atomic E-state index is 12.7. The van der Waals surface area contributed by atoms with E-state index in [9.17, 15) is 4.79 Å². The Morgan fingerprint density at radius 3 is 2.79 bits per heavy atom. The molecule has 0 unspecified atom stereocenters. The fraction of sp³-hybridized carbons (Fsp3) is 0.211. The minimum Gasteiger partial charge on any atom is -0.348 e. The second kappa shape index (κ2) is 7.08. The summed E-state index contributed by atoms with van der Waals surface area (Å²) in [5.74, 6) is -0.0836. The molecule has 1 atom stereocenters. The third-order valence-corrected chi connectivity index (χ3v) is 3.81. The van der Waals surface area contributed by atoms with E-state index in [2.05, 4.69) is 21.5 Å². The monoisotopic (exact) mass is 320 g/mol. The van der Waals surface area contributed by atoms with Crippen LogP contribution in [0, 0.1) is 6.92 Å². The fourth-order valence-corrected chi connectivity index (χ4v) is 2.70. The van der Waals surface area contributed by atoms with Crippen LogP contribution >= 0.6 is 0 Å². The van der Waals surface area contributed by atoms with Crippen molar-refractivity contribution in [2.45, 2.75) is 26.4 Å². The molecule has 1 heterocycles.